The molecule has 0 amide bonds. The van der Waals surface area contributed by atoms with Crippen LogP contribution in [0, 0.1) is 0 Å². The molecular formula is C23H18N4OS2. The fourth-order valence-corrected chi connectivity index (χ4v) is 5.27. The number of anilines is 2. The first kappa shape index (κ1) is 18.8. The fraction of sp³-hybridized carbons (Fsp3) is 0.0870. The quantitative estimate of drug-likeness (QED) is 0.391. The van der Waals surface area contributed by atoms with Gasteiger partial charge in [-0.05, 0) is 43.3 Å². The number of nitrogens with zero attached hydrogens (tertiary/aromatic N) is 4. The molecule has 3 aromatic carbocycles. The van der Waals surface area contributed by atoms with E-state index in [0.29, 0.717) is 23.0 Å². The number of para-hydroxylation sites is 3. The van der Waals surface area contributed by atoms with Crippen molar-refractivity contribution in [3.63, 3.8) is 0 Å². The number of fused-ring (bicyclic) bond motifs is 2. The molecule has 0 unspecified atom stereocenters. The van der Waals surface area contributed by atoms with E-state index in [1.54, 1.807) is 23.9 Å². The van der Waals surface area contributed by atoms with Crippen LogP contribution in [0.5, 0.6) is 5.75 Å². The van der Waals surface area contributed by atoms with E-state index in [9.17, 15) is 5.11 Å². The van der Waals surface area contributed by atoms with Crippen LogP contribution in [0.25, 0.3) is 0 Å². The Balaban J connectivity index is 1.45. The van der Waals surface area contributed by atoms with Gasteiger partial charge in [-0.3, -0.25) is 0 Å². The molecule has 1 aliphatic heterocycles. The van der Waals surface area contributed by atoms with Crippen molar-refractivity contribution in [2.24, 2.45) is 4.99 Å². The summed E-state index contributed by atoms with van der Waals surface area (Å²) in [6, 6.07) is 24.0. The van der Waals surface area contributed by atoms with E-state index >= 15 is 0 Å². The molecule has 30 heavy (non-hydrogen) atoms. The number of aromatic nitrogens is 2. The molecule has 7 heteroatoms. The van der Waals surface area contributed by atoms with Crippen molar-refractivity contribution < 1.29 is 5.11 Å². The molecule has 0 saturated carbocycles. The molecule has 1 aliphatic rings. The van der Waals surface area contributed by atoms with Gasteiger partial charge in [-0.2, -0.15) is 0 Å². The lowest BCUT2D eigenvalue weighted by Crippen LogP contribution is -2.20. The minimum absolute atomic E-state index is 0.211. The lowest BCUT2D eigenvalue weighted by Gasteiger charge is -2.31. The molecule has 5 rings (SSSR count). The minimum Gasteiger partial charge on any atom is -0.507 e. The van der Waals surface area contributed by atoms with Crippen molar-refractivity contribution in [3.05, 3.63) is 83.4 Å². The number of phenolic OH excluding ortho intramolecular Hbond substituents is 1. The summed E-state index contributed by atoms with van der Waals surface area (Å²) in [5.74, 6) is 0.211. The third-order valence-electron chi connectivity index (χ3n) is 4.84. The average molecular weight is 431 g/mol. The highest BCUT2D eigenvalue weighted by Crippen LogP contribution is 2.48. The molecule has 0 spiro atoms. The molecule has 4 aromatic rings. The first-order valence-corrected chi connectivity index (χ1v) is 11.1. The van der Waals surface area contributed by atoms with Crippen LogP contribution in [-0.2, 0) is 6.54 Å². The van der Waals surface area contributed by atoms with Crippen molar-refractivity contribution in [2.45, 2.75) is 23.3 Å². The molecule has 0 fully saturated rings. The van der Waals surface area contributed by atoms with Crippen molar-refractivity contribution >= 4 is 45.3 Å². The van der Waals surface area contributed by atoms with E-state index in [0.717, 1.165) is 5.01 Å². The maximum Gasteiger partial charge on any atom is 0.231 e. The first-order chi connectivity index (χ1) is 14.7. The van der Waals surface area contributed by atoms with Crippen molar-refractivity contribution in [1.82, 2.24) is 10.2 Å². The molecule has 0 atom stereocenters. The van der Waals surface area contributed by atoms with Crippen LogP contribution in [0.1, 0.15) is 17.5 Å². The van der Waals surface area contributed by atoms with Gasteiger partial charge in [-0.15, -0.1) is 10.2 Å². The summed E-state index contributed by atoms with van der Waals surface area (Å²) < 4.78 is 0. The molecular weight excluding hydrogens is 412 g/mol. The number of hydrogen-bond acceptors (Lipinski definition) is 7. The summed E-state index contributed by atoms with van der Waals surface area (Å²) in [6.45, 7) is 2.49. The summed E-state index contributed by atoms with van der Waals surface area (Å²) in [6.07, 6.45) is 0. The second-order valence-corrected chi connectivity index (χ2v) is 8.94. The predicted molar refractivity (Wildman–Crippen MR) is 123 cm³/mol. The number of benzene rings is 3. The molecule has 0 aliphatic carbocycles. The Labute approximate surface area is 182 Å². The van der Waals surface area contributed by atoms with Crippen LogP contribution in [0.2, 0.25) is 0 Å². The largest absolute Gasteiger partial charge is 0.507 e. The summed E-state index contributed by atoms with van der Waals surface area (Å²) in [7, 11) is 0. The van der Waals surface area contributed by atoms with E-state index in [1.165, 1.54) is 32.5 Å². The van der Waals surface area contributed by atoms with E-state index < -0.39 is 0 Å². The normalized spacial score (nSPS) is 13.1. The average Bonchev–Trinajstić information content (AvgIpc) is 3.20. The molecule has 148 valence electrons. The van der Waals surface area contributed by atoms with Gasteiger partial charge in [0, 0.05) is 15.4 Å². The van der Waals surface area contributed by atoms with Gasteiger partial charge in [0.15, 0.2) is 0 Å². The monoisotopic (exact) mass is 430 g/mol. The van der Waals surface area contributed by atoms with Gasteiger partial charge in [0.1, 0.15) is 10.8 Å². The van der Waals surface area contributed by atoms with Crippen LogP contribution in [-0.4, -0.2) is 21.0 Å². The Kier molecular flexibility index (Phi) is 4.98. The Morgan fingerprint density at radius 3 is 2.23 bits per heavy atom. The van der Waals surface area contributed by atoms with Gasteiger partial charge in [0.2, 0.25) is 5.13 Å². The lowest BCUT2D eigenvalue weighted by atomic mass is 10.1. The van der Waals surface area contributed by atoms with E-state index in [1.807, 2.05) is 19.1 Å². The summed E-state index contributed by atoms with van der Waals surface area (Å²) in [4.78, 5) is 9.32. The smallest absolute Gasteiger partial charge is 0.231 e. The van der Waals surface area contributed by atoms with Gasteiger partial charge in [0.25, 0.3) is 0 Å². The molecule has 5 nitrogen and oxygen atoms in total. The second kappa shape index (κ2) is 7.93. The zero-order valence-corrected chi connectivity index (χ0v) is 17.8. The Morgan fingerprint density at radius 2 is 1.53 bits per heavy atom. The standard InChI is InChI=1S/C23H18N4OS2/c1-15(16-8-2-5-11-19(16)28)24-23-26-25-22(30-23)14-27-17-9-3-6-12-20(17)29-21-13-7-4-10-18(21)27/h2-13,28H,14H2,1H3/b24-15+. The van der Waals surface area contributed by atoms with E-state index in [2.05, 4.69) is 68.6 Å². The van der Waals surface area contributed by atoms with Gasteiger partial charge < -0.3 is 10.0 Å². The van der Waals surface area contributed by atoms with Crippen molar-refractivity contribution in [1.29, 1.82) is 0 Å². The van der Waals surface area contributed by atoms with Crippen LogP contribution >= 0.6 is 23.1 Å². The van der Waals surface area contributed by atoms with Crippen molar-refractivity contribution in [2.75, 3.05) is 4.90 Å². The number of aliphatic imine (C=N–C) groups is 1. The topological polar surface area (TPSA) is 61.6 Å². The molecule has 0 radical (unpaired) electrons. The molecule has 0 saturated heterocycles. The zero-order chi connectivity index (χ0) is 20.5. The number of rotatable bonds is 4. The Morgan fingerprint density at radius 1 is 0.900 bits per heavy atom. The van der Waals surface area contributed by atoms with Crippen molar-refractivity contribution in [3.8, 4) is 5.75 Å². The molecule has 0 bridgehead atoms. The summed E-state index contributed by atoms with van der Waals surface area (Å²) in [5.41, 5.74) is 3.75. The first-order valence-electron chi connectivity index (χ1n) is 9.48. The van der Waals surface area contributed by atoms with E-state index in [4.69, 9.17) is 0 Å². The van der Waals surface area contributed by atoms with Crippen LogP contribution < -0.4 is 4.90 Å². The highest BCUT2D eigenvalue weighted by molar-refractivity contribution is 7.99. The van der Waals surface area contributed by atoms with Gasteiger partial charge in [-0.1, -0.05) is 59.5 Å². The SMILES string of the molecule is C/C(=N\c1nnc(CN2c3ccccc3Sc3ccccc32)s1)c1ccccc1O. The zero-order valence-electron chi connectivity index (χ0n) is 16.2. The third kappa shape index (κ3) is 3.58. The predicted octanol–water partition coefficient (Wildman–Crippen LogP) is 6.19. The maximum absolute atomic E-state index is 10.0. The van der Waals surface area contributed by atoms with E-state index in [-0.39, 0.29) is 5.75 Å². The van der Waals surface area contributed by atoms with Crippen LogP contribution in [0.15, 0.2) is 87.6 Å². The second-order valence-electron chi connectivity index (χ2n) is 6.82. The summed E-state index contributed by atoms with van der Waals surface area (Å²) in [5, 5.41) is 20.1. The van der Waals surface area contributed by atoms with Gasteiger partial charge >= 0.3 is 0 Å². The number of hydrogen-bond donors (Lipinski definition) is 1. The molecule has 1 aromatic heterocycles. The number of aromatic hydroxyl groups is 1. The molecule has 2 heterocycles. The molecule has 1 N–H and O–H groups in total. The minimum atomic E-state index is 0.211. The van der Waals surface area contributed by atoms with Gasteiger partial charge in [0.05, 0.1) is 23.6 Å². The summed E-state index contributed by atoms with van der Waals surface area (Å²) >= 11 is 3.25. The Hall–Kier alpha value is -3.16. The lowest BCUT2D eigenvalue weighted by molar-refractivity contribution is 0.474. The van der Waals surface area contributed by atoms with Gasteiger partial charge in [-0.25, -0.2) is 4.99 Å². The highest BCUT2D eigenvalue weighted by atomic mass is 32.2. The highest BCUT2D eigenvalue weighted by Gasteiger charge is 2.24. The third-order valence-corrected chi connectivity index (χ3v) is 6.77. The Bertz CT molecular complexity index is 1210. The number of phenols is 1. The van der Waals surface area contributed by atoms with Crippen LogP contribution in [0.3, 0.4) is 0 Å². The fourth-order valence-electron chi connectivity index (χ4n) is 3.42. The van der Waals surface area contributed by atoms with Crippen LogP contribution in [0.4, 0.5) is 16.5 Å². The maximum atomic E-state index is 10.0.